The molecule has 0 aromatic carbocycles. The highest BCUT2D eigenvalue weighted by atomic mass is 31.2. The zero-order valence-electron chi connectivity index (χ0n) is 22.5. The van der Waals surface area contributed by atoms with Crippen LogP contribution in [0.15, 0.2) is 31.0 Å². The molecule has 17 nitrogen and oxygen atoms in total. The smallest absolute Gasteiger partial charge is 0.382 e. The van der Waals surface area contributed by atoms with Gasteiger partial charge in [0, 0.05) is 12.6 Å². The van der Waals surface area contributed by atoms with Gasteiger partial charge in [-0.3, -0.25) is 32.4 Å². The lowest BCUT2D eigenvalue weighted by Crippen LogP contribution is -2.29. The van der Waals surface area contributed by atoms with Crippen LogP contribution in [0.1, 0.15) is 54.4 Å². The summed E-state index contributed by atoms with van der Waals surface area (Å²) in [7, 11) is -9.00. The third-order valence-electron chi connectivity index (χ3n) is 7.06. The number of phosphoric acid groups is 2. The normalized spacial score (nSPS) is 26.9. The van der Waals surface area contributed by atoms with Crippen LogP contribution in [0.25, 0.3) is 11.2 Å². The minimum absolute atomic E-state index is 0.0232. The number of imidazole rings is 1. The molecule has 0 bridgehead atoms. The number of hydrogen-bond acceptors (Lipinski definition) is 13. The Labute approximate surface area is 239 Å². The molecule has 0 radical (unpaired) electrons. The number of carbonyl (C=O) groups excluding carboxylic acids is 1. The molecular formula is C23H31N7O10P2. The number of nitrogens with zero attached hydrogens (tertiary/aromatic N) is 5. The van der Waals surface area contributed by atoms with Crippen molar-refractivity contribution >= 4 is 38.5 Å². The van der Waals surface area contributed by atoms with Crippen LogP contribution in [0.2, 0.25) is 0 Å². The summed E-state index contributed by atoms with van der Waals surface area (Å²) < 4.78 is 53.2. The van der Waals surface area contributed by atoms with Crippen molar-refractivity contribution in [3.05, 3.63) is 42.2 Å². The van der Waals surface area contributed by atoms with Gasteiger partial charge in [0.25, 0.3) is 5.91 Å². The van der Waals surface area contributed by atoms with E-state index in [4.69, 9.17) is 34.3 Å². The van der Waals surface area contributed by atoms with Crippen molar-refractivity contribution in [1.29, 1.82) is 0 Å². The van der Waals surface area contributed by atoms with Crippen LogP contribution < -0.4 is 11.5 Å². The number of fused-ring (bicyclic) bond motifs is 1. The lowest BCUT2D eigenvalue weighted by atomic mass is 9.72. The summed E-state index contributed by atoms with van der Waals surface area (Å²) in [6.45, 7) is 0.924. The van der Waals surface area contributed by atoms with E-state index in [2.05, 4.69) is 19.9 Å². The molecule has 2 unspecified atom stereocenters. The van der Waals surface area contributed by atoms with Crippen molar-refractivity contribution in [2.24, 2.45) is 11.7 Å². The number of ether oxygens (including phenoxy) is 1. The number of anilines is 1. The van der Waals surface area contributed by atoms with Crippen molar-refractivity contribution in [3.63, 3.8) is 0 Å². The topological polar surface area (TPSA) is 246 Å². The van der Waals surface area contributed by atoms with Gasteiger partial charge >= 0.3 is 15.6 Å². The van der Waals surface area contributed by atoms with E-state index in [1.165, 1.54) is 25.8 Å². The van der Waals surface area contributed by atoms with Gasteiger partial charge in [0.05, 0.1) is 26.1 Å². The number of primary amides is 1. The molecule has 2 fully saturated rings. The Kier molecular flexibility index (Phi) is 9.04. The number of rotatable bonds is 13. The highest BCUT2D eigenvalue weighted by molar-refractivity contribution is 7.47. The van der Waals surface area contributed by atoms with E-state index < -0.39 is 46.6 Å². The van der Waals surface area contributed by atoms with Crippen LogP contribution in [0.4, 0.5) is 5.82 Å². The third-order valence-corrected chi connectivity index (χ3v) is 9.13. The van der Waals surface area contributed by atoms with Gasteiger partial charge in [0.15, 0.2) is 11.5 Å². The highest BCUT2D eigenvalue weighted by Gasteiger charge is 2.44. The van der Waals surface area contributed by atoms with Crippen LogP contribution in [0.3, 0.4) is 0 Å². The first-order chi connectivity index (χ1) is 19.9. The fourth-order valence-electron chi connectivity index (χ4n) is 4.96. The molecule has 228 valence electrons. The number of nitrogen functional groups attached to an aromatic ring is 1. The highest BCUT2D eigenvalue weighted by Crippen LogP contribution is 2.52. The summed E-state index contributed by atoms with van der Waals surface area (Å²) in [5, 5.41) is 0. The number of pyridine rings is 1. The van der Waals surface area contributed by atoms with Gasteiger partial charge in [-0.25, -0.2) is 24.1 Å². The SMILES string of the molecule is CCOP(=O)(O)OC[C@H]1O[C@@H](n2cnc3c(N)ncnc32)C[C@@H]1OP(=O)(O)OCC1CC(c2ccnc(C(N)=O)c2)C1. The van der Waals surface area contributed by atoms with Crippen LogP contribution in [-0.4, -0.2) is 72.2 Å². The molecule has 1 saturated carbocycles. The first kappa shape index (κ1) is 30.6. The fraction of sp³-hybridized carbons (Fsp3) is 0.522. The Morgan fingerprint density at radius 1 is 1.10 bits per heavy atom. The minimum Gasteiger partial charge on any atom is -0.382 e. The van der Waals surface area contributed by atoms with Crippen LogP contribution in [-0.2, 0) is 32.0 Å². The second kappa shape index (κ2) is 12.4. The number of nitrogens with two attached hydrogens (primary N) is 2. The van der Waals surface area contributed by atoms with E-state index in [-0.39, 0.29) is 43.0 Å². The molecule has 5 rings (SSSR count). The van der Waals surface area contributed by atoms with E-state index in [1.54, 1.807) is 16.7 Å². The summed E-state index contributed by atoms with van der Waals surface area (Å²) >= 11 is 0. The third kappa shape index (κ3) is 7.02. The van der Waals surface area contributed by atoms with Gasteiger partial charge in [0.1, 0.15) is 36.0 Å². The maximum Gasteiger partial charge on any atom is 0.472 e. The molecule has 2 aliphatic rings. The van der Waals surface area contributed by atoms with Crippen LogP contribution >= 0.6 is 15.6 Å². The summed E-state index contributed by atoms with van der Waals surface area (Å²) in [5.74, 6) is -0.350. The van der Waals surface area contributed by atoms with Crippen molar-refractivity contribution in [1.82, 2.24) is 24.5 Å². The van der Waals surface area contributed by atoms with Gasteiger partial charge in [-0.15, -0.1) is 0 Å². The molecule has 19 heteroatoms. The quantitative estimate of drug-likeness (QED) is 0.198. The average molecular weight is 627 g/mol. The van der Waals surface area contributed by atoms with Gasteiger partial charge in [0.2, 0.25) is 0 Å². The molecule has 4 heterocycles. The minimum atomic E-state index is -4.60. The van der Waals surface area contributed by atoms with Gasteiger partial charge in [-0.1, -0.05) is 0 Å². The maximum absolute atomic E-state index is 13.0. The molecule has 0 spiro atoms. The number of amides is 1. The standard InChI is InChI=1S/C23H31N7O10P2/c1-2-36-41(32,33)38-10-18-17(8-19(39-18)30-12-29-20-21(24)27-11-28-23(20)30)40-42(34,35)37-9-13-5-15(6-13)14-3-4-26-16(7-14)22(25)31/h3-4,7,11-13,15,17-19H,2,5-6,8-10H2,1H3,(H2,25,31)(H,32,33)(H,34,35)(H2,24,27,28)/t13?,15?,17-,18+,19+/m0/s1. The molecule has 3 aromatic heterocycles. The summed E-state index contributed by atoms with van der Waals surface area (Å²) in [6, 6.07) is 3.44. The predicted octanol–water partition coefficient (Wildman–Crippen LogP) is 2.04. The molecule has 42 heavy (non-hydrogen) atoms. The van der Waals surface area contributed by atoms with Crippen molar-refractivity contribution < 1.29 is 46.5 Å². The summed E-state index contributed by atoms with van der Waals surface area (Å²) in [4.78, 5) is 48.0. The van der Waals surface area contributed by atoms with Gasteiger partial charge in [-0.05, 0) is 49.3 Å². The van der Waals surface area contributed by atoms with E-state index >= 15 is 0 Å². The summed E-state index contributed by atoms with van der Waals surface area (Å²) in [5.41, 5.74) is 12.9. The molecule has 1 aliphatic heterocycles. The first-order valence-corrected chi connectivity index (χ1v) is 16.1. The van der Waals surface area contributed by atoms with Crippen molar-refractivity contribution in [3.8, 4) is 0 Å². The average Bonchev–Trinajstić information content (AvgIpc) is 3.51. The molecule has 1 aliphatic carbocycles. The van der Waals surface area contributed by atoms with E-state index in [1.807, 2.05) is 0 Å². The zero-order chi connectivity index (χ0) is 30.1. The monoisotopic (exact) mass is 627 g/mol. The van der Waals surface area contributed by atoms with Crippen LogP contribution in [0.5, 0.6) is 0 Å². The van der Waals surface area contributed by atoms with Gasteiger partial charge < -0.3 is 26.0 Å². The van der Waals surface area contributed by atoms with Crippen molar-refractivity contribution in [2.45, 2.75) is 50.5 Å². The Balaban J connectivity index is 1.22. The van der Waals surface area contributed by atoms with E-state index in [0.717, 1.165) is 5.56 Å². The number of carbonyl (C=O) groups is 1. The van der Waals surface area contributed by atoms with E-state index in [9.17, 15) is 23.7 Å². The second-order valence-electron chi connectivity index (χ2n) is 9.91. The molecular weight excluding hydrogens is 596 g/mol. The first-order valence-electron chi connectivity index (χ1n) is 13.1. The van der Waals surface area contributed by atoms with E-state index in [0.29, 0.717) is 24.0 Å². The predicted molar refractivity (Wildman–Crippen MR) is 145 cm³/mol. The Bertz CT molecular complexity index is 1530. The lowest BCUT2D eigenvalue weighted by Gasteiger charge is -2.35. The molecule has 5 atom stereocenters. The maximum atomic E-state index is 13.0. The Morgan fingerprint density at radius 3 is 2.60 bits per heavy atom. The zero-order valence-corrected chi connectivity index (χ0v) is 24.3. The second-order valence-corrected chi connectivity index (χ2v) is 12.8. The molecule has 3 aromatic rings. The number of aromatic nitrogens is 5. The fourth-order valence-corrected chi connectivity index (χ4v) is 6.72. The number of phosphoric ester groups is 2. The molecule has 1 saturated heterocycles. The van der Waals surface area contributed by atoms with Crippen molar-refractivity contribution in [2.75, 3.05) is 25.6 Å². The lowest BCUT2D eigenvalue weighted by molar-refractivity contribution is -0.0449. The van der Waals surface area contributed by atoms with Gasteiger partial charge in [-0.2, -0.15) is 0 Å². The molecule has 1 amide bonds. The van der Waals surface area contributed by atoms with Crippen LogP contribution in [0, 0.1) is 5.92 Å². The largest absolute Gasteiger partial charge is 0.472 e. The summed E-state index contributed by atoms with van der Waals surface area (Å²) in [6.07, 6.45) is 2.61. The molecule has 6 N–H and O–H groups in total. The Hall–Kier alpha value is -2.85. The Morgan fingerprint density at radius 2 is 1.86 bits per heavy atom. The number of hydrogen-bond donors (Lipinski definition) is 4.